The van der Waals surface area contributed by atoms with Crippen molar-refractivity contribution in [2.75, 3.05) is 26.4 Å². The maximum absolute atomic E-state index is 8.38. The highest BCUT2D eigenvalue weighted by molar-refractivity contribution is 4.83. The molecule has 0 aliphatic rings. The second kappa shape index (κ2) is 8.84. The number of aliphatic hydroxyl groups excluding tert-OH is 1. The van der Waals surface area contributed by atoms with Crippen LogP contribution in [-0.2, 0) is 9.47 Å². The molecule has 0 heterocycles. The molecule has 0 aliphatic heterocycles. The summed E-state index contributed by atoms with van der Waals surface area (Å²) in [5, 5.41) is 11.7. The lowest BCUT2D eigenvalue weighted by atomic mass is 10.6. The Morgan fingerprint density at radius 3 is 3.00 bits per heavy atom. The molecule has 72 valence electrons. The van der Waals surface area contributed by atoms with Crippen LogP contribution >= 0.6 is 0 Å². The van der Waals surface area contributed by atoms with Crippen LogP contribution in [0.5, 0.6) is 0 Å². The summed E-state index contributed by atoms with van der Waals surface area (Å²) in [5.74, 6) is 2.24. The first-order valence-corrected chi connectivity index (χ1v) is 3.63. The number of terminal acetylenes is 1. The van der Waals surface area contributed by atoms with E-state index in [4.69, 9.17) is 26.5 Å². The summed E-state index contributed by atoms with van der Waals surface area (Å²) >= 11 is 0. The van der Waals surface area contributed by atoms with Crippen LogP contribution in [0.2, 0.25) is 0 Å². The van der Waals surface area contributed by atoms with Crippen LogP contribution in [0.4, 0.5) is 0 Å². The summed E-state index contributed by atoms with van der Waals surface area (Å²) in [6, 6.07) is 0. The zero-order valence-electron chi connectivity index (χ0n) is 7.09. The number of azide groups is 1. The van der Waals surface area contributed by atoms with Crippen molar-refractivity contribution in [2.45, 2.75) is 6.23 Å². The van der Waals surface area contributed by atoms with Crippen LogP contribution < -0.4 is 0 Å². The van der Waals surface area contributed by atoms with Crippen molar-refractivity contribution in [3.8, 4) is 12.3 Å². The molecule has 0 saturated heterocycles. The Hall–Kier alpha value is -1.25. The van der Waals surface area contributed by atoms with Crippen LogP contribution in [0.15, 0.2) is 5.11 Å². The van der Waals surface area contributed by atoms with Crippen molar-refractivity contribution < 1.29 is 14.6 Å². The third kappa shape index (κ3) is 7.12. The van der Waals surface area contributed by atoms with Crippen molar-refractivity contribution in [1.29, 1.82) is 0 Å². The molecule has 0 radical (unpaired) electrons. The zero-order valence-corrected chi connectivity index (χ0v) is 7.09. The largest absolute Gasteiger partial charge is 0.394 e. The first-order valence-electron chi connectivity index (χ1n) is 3.63. The Bertz CT molecular complexity index is 208. The average molecular weight is 185 g/mol. The number of aliphatic hydroxyl groups is 1. The maximum Gasteiger partial charge on any atom is 0.161 e. The summed E-state index contributed by atoms with van der Waals surface area (Å²) in [7, 11) is 0. The van der Waals surface area contributed by atoms with Crippen LogP contribution in [-0.4, -0.2) is 37.8 Å². The molecule has 0 amide bonds. The fourth-order valence-corrected chi connectivity index (χ4v) is 0.565. The van der Waals surface area contributed by atoms with Crippen LogP contribution in [0, 0.1) is 12.3 Å². The van der Waals surface area contributed by atoms with E-state index in [0.29, 0.717) is 0 Å². The molecule has 0 fully saturated rings. The van der Waals surface area contributed by atoms with Crippen LogP contribution in [0.1, 0.15) is 0 Å². The summed E-state index contributed by atoms with van der Waals surface area (Å²) in [4.78, 5) is 2.56. The highest BCUT2D eigenvalue weighted by Gasteiger charge is 2.04. The van der Waals surface area contributed by atoms with Gasteiger partial charge in [-0.3, -0.25) is 0 Å². The van der Waals surface area contributed by atoms with E-state index in [-0.39, 0.29) is 26.4 Å². The number of ether oxygens (including phenoxy) is 2. The van der Waals surface area contributed by atoms with Gasteiger partial charge < -0.3 is 14.6 Å². The van der Waals surface area contributed by atoms with Gasteiger partial charge in [-0.2, -0.15) is 0 Å². The Labute approximate surface area is 76.1 Å². The fourth-order valence-electron chi connectivity index (χ4n) is 0.565. The normalized spacial score (nSPS) is 11.4. The van der Waals surface area contributed by atoms with E-state index in [1.54, 1.807) is 0 Å². The molecule has 0 aliphatic carbocycles. The minimum atomic E-state index is -0.729. The van der Waals surface area contributed by atoms with Crippen LogP contribution in [0.25, 0.3) is 10.4 Å². The molecule has 0 rings (SSSR count). The van der Waals surface area contributed by atoms with Crippen molar-refractivity contribution in [3.63, 3.8) is 0 Å². The molecule has 1 atom stereocenters. The highest BCUT2D eigenvalue weighted by atomic mass is 16.5. The predicted octanol–water partition coefficient (Wildman–Crippen LogP) is 0.281. The van der Waals surface area contributed by atoms with E-state index < -0.39 is 6.23 Å². The molecule has 0 aromatic heterocycles. The molecule has 6 nitrogen and oxygen atoms in total. The number of nitrogens with zero attached hydrogens (tertiary/aromatic N) is 3. The lowest BCUT2D eigenvalue weighted by molar-refractivity contribution is -0.00881. The molecule has 13 heavy (non-hydrogen) atoms. The Morgan fingerprint density at radius 1 is 1.69 bits per heavy atom. The second-order valence-electron chi connectivity index (χ2n) is 1.97. The molecular weight excluding hydrogens is 174 g/mol. The molecule has 1 unspecified atom stereocenters. The molecule has 0 aromatic carbocycles. The quantitative estimate of drug-likeness (QED) is 0.203. The van der Waals surface area contributed by atoms with Gasteiger partial charge in [-0.1, -0.05) is 11.0 Å². The van der Waals surface area contributed by atoms with Gasteiger partial charge in [0.1, 0.15) is 6.61 Å². The van der Waals surface area contributed by atoms with Crippen molar-refractivity contribution in [1.82, 2.24) is 0 Å². The topological polar surface area (TPSA) is 87.5 Å². The van der Waals surface area contributed by atoms with E-state index in [0.717, 1.165) is 0 Å². The Morgan fingerprint density at radius 2 is 2.46 bits per heavy atom. The van der Waals surface area contributed by atoms with Gasteiger partial charge in [0.2, 0.25) is 0 Å². The first kappa shape index (κ1) is 11.8. The van der Waals surface area contributed by atoms with Gasteiger partial charge >= 0.3 is 0 Å². The Balaban J connectivity index is 3.67. The summed E-state index contributed by atoms with van der Waals surface area (Å²) in [5.41, 5.74) is 8.11. The SMILES string of the molecule is C#CCOC(COCCO)N=[N+]=[N-]. The smallest absolute Gasteiger partial charge is 0.161 e. The summed E-state index contributed by atoms with van der Waals surface area (Å²) < 4.78 is 9.80. The molecule has 6 heteroatoms. The van der Waals surface area contributed by atoms with E-state index >= 15 is 0 Å². The van der Waals surface area contributed by atoms with Crippen molar-refractivity contribution >= 4 is 0 Å². The minimum absolute atomic E-state index is 0.0617. The minimum Gasteiger partial charge on any atom is -0.394 e. The highest BCUT2D eigenvalue weighted by Crippen LogP contribution is 1.95. The molecule has 0 saturated carbocycles. The van der Waals surface area contributed by atoms with Gasteiger partial charge in [-0.15, -0.1) is 6.42 Å². The van der Waals surface area contributed by atoms with Crippen LogP contribution in [0.3, 0.4) is 0 Å². The zero-order chi connectivity index (χ0) is 9.94. The van der Waals surface area contributed by atoms with Gasteiger partial charge in [-0.05, 0) is 5.53 Å². The fraction of sp³-hybridized carbons (Fsp3) is 0.714. The average Bonchev–Trinajstić information content (AvgIpc) is 2.14. The van der Waals surface area contributed by atoms with Gasteiger partial charge in [0.05, 0.1) is 19.8 Å². The number of hydrogen-bond donors (Lipinski definition) is 1. The predicted molar refractivity (Wildman–Crippen MR) is 45.6 cm³/mol. The first-order chi connectivity index (χ1) is 6.35. The van der Waals surface area contributed by atoms with E-state index in [1.165, 1.54) is 0 Å². The third-order valence-electron chi connectivity index (χ3n) is 1.04. The van der Waals surface area contributed by atoms with Gasteiger partial charge in [0.25, 0.3) is 0 Å². The lowest BCUT2D eigenvalue weighted by Crippen LogP contribution is -2.18. The molecule has 0 spiro atoms. The number of hydrogen-bond acceptors (Lipinski definition) is 4. The second-order valence-corrected chi connectivity index (χ2v) is 1.97. The van der Waals surface area contributed by atoms with Gasteiger partial charge in [-0.25, -0.2) is 0 Å². The number of rotatable bonds is 7. The summed E-state index contributed by atoms with van der Waals surface area (Å²) in [6.07, 6.45) is 4.21. The van der Waals surface area contributed by atoms with Gasteiger partial charge in [0.15, 0.2) is 6.23 Å². The van der Waals surface area contributed by atoms with E-state index in [9.17, 15) is 0 Å². The van der Waals surface area contributed by atoms with Crippen molar-refractivity contribution in [3.05, 3.63) is 10.4 Å². The lowest BCUT2D eigenvalue weighted by Gasteiger charge is -2.09. The molecular formula is C7H11N3O3. The maximum atomic E-state index is 8.38. The van der Waals surface area contributed by atoms with Crippen molar-refractivity contribution in [2.24, 2.45) is 5.11 Å². The monoisotopic (exact) mass is 185 g/mol. The summed E-state index contributed by atoms with van der Waals surface area (Å²) in [6.45, 7) is 0.244. The van der Waals surface area contributed by atoms with Gasteiger partial charge in [0, 0.05) is 4.91 Å². The standard InChI is InChI=1S/C7H11N3O3/c1-2-4-13-7(9-10-8)6-12-5-3-11/h1,7,11H,3-6H2. The molecule has 0 aromatic rings. The third-order valence-corrected chi connectivity index (χ3v) is 1.04. The molecule has 1 N–H and O–H groups in total. The van der Waals surface area contributed by atoms with E-state index in [1.807, 2.05) is 0 Å². The molecule has 0 bridgehead atoms. The Kier molecular flexibility index (Phi) is 7.99. The van der Waals surface area contributed by atoms with E-state index in [2.05, 4.69) is 15.9 Å².